The Hall–Kier alpha value is -2.40. The number of rotatable bonds is 6. The van der Waals surface area contributed by atoms with E-state index in [-0.39, 0.29) is 5.97 Å². The summed E-state index contributed by atoms with van der Waals surface area (Å²) in [5, 5.41) is 0.894. The molecule has 0 aliphatic carbocycles. The van der Waals surface area contributed by atoms with E-state index in [9.17, 15) is 4.79 Å². The number of ether oxygens (including phenoxy) is 2. The summed E-state index contributed by atoms with van der Waals surface area (Å²) in [6.07, 6.45) is 2.02. The minimum Gasteiger partial charge on any atom is -0.462 e. The number of hydrogen-bond acceptors (Lipinski definition) is 4. The molecule has 5 heteroatoms. The smallest absolute Gasteiger partial charge is 0.340 e. The predicted octanol–water partition coefficient (Wildman–Crippen LogP) is 5.01. The summed E-state index contributed by atoms with van der Waals surface area (Å²) in [6.45, 7) is 2.19. The minimum absolute atomic E-state index is 0.270. The Morgan fingerprint density at radius 1 is 1.12 bits per heavy atom. The molecule has 0 aliphatic heterocycles. The lowest BCUT2D eigenvalue weighted by Crippen LogP contribution is -2.08. The predicted molar refractivity (Wildman–Crippen MR) is 103 cm³/mol. The van der Waals surface area contributed by atoms with E-state index in [1.165, 1.54) is 0 Å². The average molecular weight is 355 g/mol. The van der Waals surface area contributed by atoms with E-state index < -0.39 is 0 Å². The molecule has 0 unspecified atom stereocenters. The Balaban J connectivity index is 2.07. The van der Waals surface area contributed by atoms with Crippen molar-refractivity contribution in [3.05, 3.63) is 59.8 Å². The fraction of sp³-hybridized carbons (Fsp3) is 0.250. The van der Waals surface area contributed by atoms with Crippen LogP contribution in [0, 0.1) is 0 Å². The van der Waals surface area contributed by atoms with Gasteiger partial charge in [-0.05, 0) is 37.4 Å². The molecule has 0 bridgehead atoms. The molecule has 0 saturated carbocycles. The summed E-state index contributed by atoms with van der Waals surface area (Å²) >= 11 is 1.68. The van der Waals surface area contributed by atoms with Crippen molar-refractivity contribution in [2.45, 2.75) is 12.7 Å². The van der Waals surface area contributed by atoms with Crippen LogP contribution in [0.4, 0.5) is 0 Å². The van der Waals surface area contributed by atoms with Crippen molar-refractivity contribution < 1.29 is 14.3 Å². The minimum atomic E-state index is -0.270. The van der Waals surface area contributed by atoms with Gasteiger partial charge in [-0.2, -0.15) is 11.8 Å². The van der Waals surface area contributed by atoms with Crippen LogP contribution in [0.1, 0.15) is 23.0 Å². The van der Waals surface area contributed by atoms with Crippen molar-refractivity contribution in [2.75, 3.05) is 12.9 Å². The Morgan fingerprint density at radius 3 is 2.56 bits per heavy atom. The number of fused-ring (bicyclic) bond motifs is 1. The third kappa shape index (κ3) is 3.51. The maximum Gasteiger partial charge on any atom is 0.340 e. The van der Waals surface area contributed by atoms with E-state index in [0.29, 0.717) is 12.2 Å². The molecular formula is C20H21NO3S. The highest BCUT2D eigenvalue weighted by molar-refractivity contribution is 7.97. The van der Waals surface area contributed by atoms with Gasteiger partial charge in [0.05, 0.1) is 17.7 Å². The van der Waals surface area contributed by atoms with Gasteiger partial charge in [0.2, 0.25) is 0 Å². The molecule has 3 aromatic rings. The quantitative estimate of drug-likeness (QED) is 0.583. The molecule has 1 heterocycles. The number of carbonyl (C=O) groups excluding carboxylic acids is 1. The van der Waals surface area contributed by atoms with Crippen LogP contribution in [-0.4, -0.2) is 23.4 Å². The van der Waals surface area contributed by atoms with Crippen molar-refractivity contribution in [1.29, 1.82) is 0 Å². The van der Waals surface area contributed by atoms with Crippen LogP contribution in [0.15, 0.2) is 48.5 Å². The van der Waals surface area contributed by atoms with Crippen LogP contribution in [0.5, 0.6) is 11.5 Å². The molecule has 0 radical (unpaired) electrons. The lowest BCUT2D eigenvalue weighted by atomic mass is 10.1. The fourth-order valence-electron chi connectivity index (χ4n) is 2.89. The summed E-state index contributed by atoms with van der Waals surface area (Å²) in [5.41, 5.74) is 2.58. The molecule has 0 saturated heterocycles. The molecule has 0 aliphatic rings. The van der Waals surface area contributed by atoms with Gasteiger partial charge in [0.25, 0.3) is 0 Å². The molecule has 0 spiro atoms. The number of para-hydroxylation sites is 1. The van der Waals surface area contributed by atoms with Crippen molar-refractivity contribution in [1.82, 2.24) is 4.57 Å². The third-order valence-corrected chi connectivity index (χ3v) is 4.59. The third-order valence-electron chi connectivity index (χ3n) is 4.03. The van der Waals surface area contributed by atoms with Crippen LogP contribution < -0.4 is 4.74 Å². The lowest BCUT2D eigenvalue weighted by molar-refractivity contribution is 0.0527. The van der Waals surface area contributed by atoms with E-state index in [0.717, 1.165) is 33.8 Å². The zero-order chi connectivity index (χ0) is 17.8. The van der Waals surface area contributed by atoms with Crippen LogP contribution in [0.25, 0.3) is 10.9 Å². The zero-order valence-corrected chi connectivity index (χ0v) is 15.4. The first-order chi connectivity index (χ1) is 12.2. The highest BCUT2D eigenvalue weighted by Gasteiger charge is 2.22. The van der Waals surface area contributed by atoms with Gasteiger partial charge < -0.3 is 14.0 Å². The number of nitrogens with zero attached hydrogens (tertiary/aromatic N) is 1. The number of thioether (sulfide) groups is 1. The molecule has 25 heavy (non-hydrogen) atoms. The van der Waals surface area contributed by atoms with Crippen molar-refractivity contribution in [2.24, 2.45) is 7.05 Å². The highest BCUT2D eigenvalue weighted by atomic mass is 32.2. The molecule has 1 aromatic heterocycles. The Bertz CT molecular complexity index is 887. The summed E-state index contributed by atoms with van der Waals surface area (Å²) in [5.74, 6) is 2.00. The normalized spacial score (nSPS) is 10.8. The number of esters is 1. The number of hydrogen-bond donors (Lipinski definition) is 0. The second-order valence-corrected chi connectivity index (χ2v) is 6.49. The fourth-order valence-corrected chi connectivity index (χ4v) is 3.51. The molecular weight excluding hydrogens is 334 g/mol. The topological polar surface area (TPSA) is 40.5 Å². The van der Waals surface area contributed by atoms with E-state index in [2.05, 4.69) is 4.57 Å². The zero-order valence-electron chi connectivity index (χ0n) is 14.6. The van der Waals surface area contributed by atoms with Gasteiger partial charge in [-0.25, -0.2) is 4.79 Å². The SMILES string of the molecule is CCOC(=O)c1c(CSC)n(C)c2cc(Oc3ccccc3)ccc12. The maximum atomic E-state index is 12.5. The van der Waals surface area contributed by atoms with Crippen LogP contribution >= 0.6 is 11.8 Å². The van der Waals surface area contributed by atoms with Crippen molar-refractivity contribution >= 4 is 28.6 Å². The first-order valence-electron chi connectivity index (χ1n) is 8.16. The van der Waals surface area contributed by atoms with Gasteiger partial charge in [-0.1, -0.05) is 18.2 Å². The number of benzene rings is 2. The summed E-state index contributed by atoms with van der Waals surface area (Å²) in [4.78, 5) is 12.5. The summed E-state index contributed by atoms with van der Waals surface area (Å²) in [6, 6.07) is 15.4. The second kappa shape index (κ2) is 7.66. The van der Waals surface area contributed by atoms with E-state index in [1.54, 1.807) is 11.8 Å². The molecule has 3 rings (SSSR count). The van der Waals surface area contributed by atoms with E-state index >= 15 is 0 Å². The first-order valence-corrected chi connectivity index (χ1v) is 9.55. The molecule has 0 amide bonds. The van der Waals surface area contributed by atoms with Crippen LogP contribution in [0.2, 0.25) is 0 Å². The number of aryl methyl sites for hydroxylation is 1. The van der Waals surface area contributed by atoms with Gasteiger partial charge in [-0.15, -0.1) is 0 Å². The molecule has 130 valence electrons. The van der Waals surface area contributed by atoms with Gasteiger partial charge >= 0.3 is 5.97 Å². The average Bonchev–Trinajstić information content (AvgIpc) is 2.89. The second-order valence-electron chi connectivity index (χ2n) is 5.63. The summed E-state index contributed by atoms with van der Waals surface area (Å²) < 4.78 is 13.2. The molecule has 4 nitrogen and oxygen atoms in total. The Morgan fingerprint density at radius 2 is 1.88 bits per heavy atom. The molecule has 0 fully saturated rings. The molecule has 0 N–H and O–H groups in total. The van der Waals surface area contributed by atoms with Crippen LogP contribution in [-0.2, 0) is 17.5 Å². The van der Waals surface area contributed by atoms with Crippen molar-refractivity contribution in [3.63, 3.8) is 0 Å². The molecule has 0 atom stereocenters. The van der Waals surface area contributed by atoms with Gasteiger partial charge in [0.1, 0.15) is 11.5 Å². The Kier molecular flexibility index (Phi) is 5.34. The number of aromatic nitrogens is 1. The standard InChI is InChI=1S/C20H21NO3S/c1-4-23-20(22)19-16-11-10-15(24-14-8-6-5-7-9-14)12-17(16)21(2)18(19)13-25-3/h5-12H,4,13H2,1-3H3. The first kappa shape index (κ1) is 17.4. The largest absolute Gasteiger partial charge is 0.462 e. The summed E-state index contributed by atoms with van der Waals surface area (Å²) in [7, 11) is 1.98. The van der Waals surface area contributed by atoms with E-state index in [4.69, 9.17) is 9.47 Å². The van der Waals surface area contributed by atoms with Crippen LogP contribution in [0.3, 0.4) is 0 Å². The van der Waals surface area contributed by atoms with Crippen molar-refractivity contribution in [3.8, 4) is 11.5 Å². The highest BCUT2D eigenvalue weighted by Crippen LogP contribution is 2.32. The lowest BCUT2D eigenvalue weighted by Gasteiger charge is -2.06. The van der Waals surface area contributed by atoms with Gasteiger partial charge in [0.15, 0.2) is 0 Å². The number of carbonyl (C=O) groups is 1. The molecule has 2 aromatic carbocycles. The van der Waals surface area contributed by atoms with Gasteiger partial charge in [-0.3, -0.25) is 0 Å². The monoisotopic (exact) mass is 355 g/mol. The van der Waals surface area contributed by atoms with E-state index in [1.807, 2.05) is 68.8 Å². The van der Waals surface area contributed by atoms with Gasteiger partial charge in [0, 0.05) is 29.9 Å². The Labute approximate surface area is 151 Å². The maximum absolute atomic E-state index is 12.5.